The Bertz CT molecular complexity index is 402. The van der Waals surface area contributed by atoms with Gasteiger partial charge in [0.1, 0.15) is 21.6 Å². The molecule has 12 heavy (non-hydrogen) atoms. The Hall–Kier alpha value is -0.650. The number of hydrogen-bond donors (Lipinski definition) is 0. The largest absolute Gasteiger partial charge is 0.499 e. The molecule has 0 aromatic carbocycles. The predicted octanol–water partition coefficient (Wildman–Crippen LogP) is 0.0200. The lowest BCUT2D eigenvalue weighted by Crippen LogP contribution is -2.31. The van der Waals surface area contributed by atoms with Gasteiger partial charge in [0.05, 0.1) is 6.61 Å². The Morgan fingerprint density at radius 1 is 1.42 bits per heavy atom. The molecule has 0 spiro atoms. The molecule has 1 aromatic rings. The Kier molecular flexibility index (Phi) is 2.25. The van der Waals surface area contributed by atoms with Gasteiger partial charge in [0, 0.05) is 11.6 Å². The second kappa shape index (κ2) is 3.38. The maximum absolute atomic E-state index is 5.23. The molecule has 0 bridgehead atoms. The molecule has 1 aliphatic heterocycles. The summed E-state index contributed by atoms with van der Waals surface area (Å²) in [6.45, 7) is 0.729. The predicted molar refractivity (Wildman–Crippen MR) is 53.5 cm³/mol. The molecule has 1 aliphatic rings. The smallest absolute Gasteiger partial charge is 0.117 e. The molecule has 0 radical (unpaired) electrons. The van der Waals surface area contributed by atoms with Gasteiger partial charge in [0.2, 0.25) is 0 Å². The zero-order chi connectivity index (χ0) is 8.39. The number of rotatable bonds is 0. The SMILES string of the molecule is Ic1ncnc2c1=CCCOC=2. The van der Waals surface area contributed by atoms with E-state index < -0.39 is 0 Å². The zero-order valence-electron chi connectivity index (χ0n) is 6.33. The average molecular weight is 274 g/mol. The summed E-state index contributed by atoms with van der Waals surface area (Å²) in [4.78, 5) is 8.22. The molecular weight excluding hydrogens is 267 g/mol. The van der Waals surface area contributed by atoms with Gasteiger partial charge in [-0.25, -0.2) is 9.97 Å². The number of aromatic nitrogens is 2. The molecule has 0 atom stereocenters. The fourth-order valence-corrected chi connectivity index (χ4v) is 1.70. The van der Waals surface area contributed by atoms with Gasteiger partial charge in [0.25, 0.3) is 0 Å². The standard InChI is InChI=1S/C8H7IN2O/c9-8-6-2-1-3-12-4-7(6)10-5-11-8/h2,4-5H,1,3H2. The average Bonchev–Trinajstić information content (AvgIpc) is 2.30. The van der Waals surface area contributed by atoms with Crippen molar-refractivity contribution in [2.45, 2.75) is 6.42 Å². The van der Waals surface area contributed by atoms with Crippen molar-refractivity contribution < 1.29 is 4.74 Å². The highest BCUT2D eigenvalue weighted by Gasteiger charge is 1.97. The molecule has 3 nitrogen and oxygen atoms in total. The van der Waals surface area contributed by atoms with Gasteiger partial charge in [-0.1, -0.05) is 6.08 Å². The highest BCUT2D eigenvalue weighted by Crippen LogP contribution is 1.92. The van der Waals surface area contributed by atoms with Crippen LogP contribution >= 0.6 is 22.6 Å². The van der Waals surface area contributed by atoms with Crippen LogP contribution in [0.3, 0.4) is 0 Å². The lowest BCUT2D eigenvalue weighted by atomic mass is 10.3. The molecule has 4 heteroatoms. The van der Waals surface area contributed by atoms with Crippen molar-refractivity contribution in [1.29, 1.82) is 0 Å². The number of nitrogens with zero attached hydrogens (tertiary/aromatic N) is 2. The first kappa shape index (κ1) is 7.97. The first-order valence-electron chi connectivity index (χ1n) is 3.66. The molecule has 2 rings (SSSR count). The highest BCUT2D eigenvalue weighted by molar-refractivity contribution is 14.1. The minimum absolute atomic E-state index is 0.729. The Labute approximate surface area is 83.3 Å². The van der Waals surface area contributed by atoms with Crippen molar-refractivity contribution >= 4 is 34.9 Å². The van der Waals surface area contributed by atoms with Crippen molar-refractivity contribution in [3.8, 4) is 0 Å². The summed E-state index contributed by atoms with van der Waals surface area (Å²) in [6.07, 6.45) is 6.29. The van der Waals surface area contributed by atoms with Crippen LogP contribution in [0, 0.1) is 3.70 Å². The van der Waals surface area contributed by atoms with E-state index in [1.807, 2.05) is 0 Å². The summed E-state index contributed by atoms with van der Waals surface area (Å²) in [5, 5.41) is 1.97. The van der Waals surface area contributed by atoms with E-state index in [1.165, 1.54) is 0 Å². The van der Waals surface area contributed by atoms with Crippen LogP contribution in [0.25, 0.3) is 12.3 Å². The summed E-state index contributed by atoms with van der Waals surface area (Å²) in [6, 6.07) is 0. The Balaban J connectivity index is 2.79. The van der Waals surface area contributed by atoms with Gasteiger partial charge in [-0.05, 0) is 22.6 Å². The van der Waals surface area contributed by atoms with E-state index in [-0.39, 0.29) is 0 Å². The van der Waals surface area contributed by atoms with Crippen LogP contribution in [0.1, 0.15) is 6.42 Å². The van der Waals surface area contributed by atoms with E-state index in [2.05, 4.69) is 38.6 Å². The normalized spacial score (nSPS) is 14.8. The summed E-state index contributed by atoms with van der Waals surface area (Å²) < 4.78 is 6.21. The number of halogens is 1. The van der Waals surface area contributed by atoms with Gasteiger partial charge in [-0.3, -0.25) is 0 Å². The van der Waals surface area contributed by atoms with Crippen LogP contribution in [0.2, 0.25) is 0 Å². The van der Waals surface area contributed by atoms with Crippen LogP contribution < -0.4 is 10.6 Å². The van der Waals surface area contributed by atoms with E-state index in [0.717, 1.165) is 27.3 Å². The highest BCUT2D eigenvalue weighted by atomic mass is 127. The molecule has 0 unspecified atom stereocenters. The molecular formula is C8H7IN2O. The fraction of sp³-hybridized carbons (Fsp3) is 0.250. The maximum Gasteiger partial charge on any atom is 0.117 e. The van der Waals surface area contributed by atoms with Crippen LogP contribution in [0.5, 0.6) is 0 Å². The molecule has 0 saturated heterocycles. The molecule has 0 aliphatic carbocycles. The first-order valence-corrected chi connectivity index (χ1v) is 4.74. The number of hydrogen-bond acceptors (Lipinski definition) is 3. The van der Waals surface area contributed by atoms with E-state index in [0.29, 0.717) is 0 Å². The quantitative estimate of drug-likeness (QED) is 0.494. The van der Waals surface area contributed by atoms with Crippen molar-refractivity contribution in [3.63, 3.8) is 0 Å². The first-order chi connectivity index (χ1) is 5.88. The Morgan fingerprint density at radius 2 is 2.33 bits per heavy atom. The number of ether oxygens (including phenoxy) is 1. The van der Waals surface area contributed by atoms with Crippen LogP contribution in [-0.2, 0) is 4.74 Å². The van der Waals surface area contributed by atoms with Gasteiger partial charge in [-0.15, -0.1) is 0 Å². The molecule has 1 aromatic heterocycles. The lowest BCUT2D eigenvalue weighted by molar-refractivity contribution is 0.305. The second-order valence-corrected chi connectivity index (χ2v) is 3.47. The van der Waals surface area contributed by atoms with Gasteiger partial charge < -0.3 is 4.74 Å². The van der Waals surface area contributed by atoms with Crippen LogP contribution in [-0.4, -0.2) is 16.6 Å². The van der Waals surface area contributed by atoms with Crippen molar-refractivity contribution in [2.24, 2.45) is 0 Å². The third-order valence-electron chi connectivity index (χ3n) is 1.65. The molecule has 0 N–H and O–H groups in total. The summed E-state index contributed by atoms with van der Waals surface area (Å²) in [5.74, 6) is 0. The van der Waals surface area contributed by atoms with Crippen LogP contribution in [0.4, 0.5) is 0 Å². The molecule has 0 saturated carbocycles. The second-order valence-electron chi connectivity index (χ2n) is 2.44. The van der Waals surface area contributed by atoms with Gasteiger partial charge in [0.15, 0.2) is 0 Å². The summed E-state index contributed by atoms with van der Waals surface area (Å²) in [5.41, 5.74) is 0. The molecule has 0 amide bonds. The van der Waals surface area contributed by atoms with E-state index in [4.69, 9.17) is 4.74 Å². The number of fused-ring (bicyclic) bond motifs is 1. The minimum atomic E-state index is 0.729. The van der Waals surface area contributed by atoms with Gasteiger partial charge >= 0.3 is 0 Å². The maximum atomic E-state index is 5.23. The molecule has 0 fully saturated rings. The third kappa shape index (κ3) is 1.43. The van der Waals surface area contributed by atoms with Crippen molar-refractivity contribution in [2.75, 3.05) is 6.61 Å². The minimum Gasteiger partial charge on any atom is -0.499 e. The van der Waals surface area contributed by atoms with E-state index in [9.17, 15) is 0 Å². The van der Waals surface area contributed by atoms with Crippen LogP contribution in [0.15, 0.2) is 6.33 Å². The topological polar surface area (TPSA) is 35.0 Å². The summed E-state index contributed by atoms with van der Waals surface area (Å²) >= 11 is 2.20. The third-order valence-corrected chi connectivity index (χ3v) is 2.50. The summed E-state index contributed by atoms with van der Waals surface area (Å²) in [7, 11) is 0. The van der Waals surface area contributed by atoms with Gasteiger partial charge in [-0.2, -0.15) is 0 Å². The zero-order valence-corrected chi connectivity index (χ0v) is 8.48. The fourth-order valence-electron chi connectivity index (χ4n) is 1.08. The van der Waals surface area contributed by atoms with E-state index in [1.54, 1.807) is 12.6 Å². The monoisotopic (exact) mass is 274 g/mol. The van der Waals surface area contributed by atoms with Crippen molar-refractivity contribution in [3.05, 3.63) is 20.6 Å². The lowest BCUT2D eigenvalue weighted by Gasteiger charge is -1.91. The molecule has 2 heterocycles. The van der Waals surface area contributed by atoms with Crippen molar-refractivity contribution in [1.82, 2.24) is 9.97 Å². The van der Waals surface area contributed by atoms with E-state index >= 15 is 0 Å². The Morgan fingerprint density at radius 3 is 3.25 bits per heavy atom. The molecule has 62 valence electrons.